The summed E-state index contributed by atoms with van der Waals surface area (Å²) < 4.78 is 43.9. The van der Waals surface area contributed by atoms with Gasteiger partial charge in [0.25, 0.3) is 0 Å². The monoisotopic (exact) mass is 530 g/mol. The zero-order valence-electron chi connectivity index (χ0n) is 21.0. The van der Waals surface area contributed by atoms with Crippen molar-refractivity contribution >= 4 is 35.8 Å². The second kappa shape index (κ2) is 11.9. The number of carbonyl (C=O) groups excluding carboxylic acids is 6. The third-order valence-corrected chi connectivity index (χ3v) is 5.93. The SMILES string of the molecule is CC(=O)OC[C@H]1O[C@@H](O[C@@H]2C[C@H]3C[C@H](OC3=O)[C@H]2OC(C)=O)[C@H](OC(C)=O)[C@@H](OC(C)=O)[C@@H]1OC(C)=O. The van der Waals surface area contributed by atoms with Gasteiger partial charge in [0.15, 0.2) is 30.7 Å². The fraction of sp³-hybridized carbons (Fsp3) is 0.739. The van der Waals surface area contributed by atoms with Crippen molar-refractivity contribution in [3.8, 4) is 0 Å². The topological polar surface area (TPSA) is 176 Å². The molecule has 0 aromatic rings. The van der Waals surface area contributed by atoms with E-state index >= 15 is 0 Å². The number of hydrogen-bond donors (Lipinski definition) is 0. The van der Waals surface area contributed by atoms with Crippen LogP contribution in [0.1, 0.15) is 47.5 Å². The minimum absolute atomic E-state index is 0.0974. The van der Waals surface area contributed by atoms with Gasteiger partial charge in [-0.2, -0.15) is 0 Å². The van der Waals surface area contributed by atoms with E-state index in [2.05, 4.69) is 0 Å². The highest BCUT2D eigenvalue weighted by molar-refractivity contribution is 5.75. The molecule has 0 unspecified atom stereocenters. The van der Waals surface area contributed by atoms with Crippen molar-refractivity contribution in [3.63, 3.8) is 0 Å². The molecule has 3 fully saturated rings. The summed E-state index contributed by atoms with van der Waals surface area (Å²) in [5, 5.41) is 0. The van der Waals surface area contributed by atoms with E-state index in [1.54, 1.807) is 0 Å². The van der Waals surface area contributed by atoms with Crippen LogP contribution in [-0.4, -0.2) is 91.4 Å². The van der Waals surface area contributed by atoms with E-state index in [1.165, 1.54) is 6.92 Å². The third kappa shape index (κ3) is 7.16. The van der Waals surface area contributed by atoms with Crippen LogP contribution >= 0.6 is 0 Å². The van der Waals surface area contributed by atoms with E-state index in [4.69, 9.17) is 37.9 Å². The highest BCUT2D eigenvalue weighted by atomic mass is 16.7. The first-order valence-corrected chi connectivity index (χ1v) is 11.7. The second-order valence-corrected chi connectivity index (χ2v) is 8.96. The number of fused-ring (bicyclic) bond motifs is 2. The number of ether oxygens (including phenoxy) is 8. The molecule has 2 bridgehead atoms. The van der Waals surface area contributed by atoms with Crippen molar-refractivity contribution in [1.29, 1.82) is 0 Å². The van der Waals surface area contributed by atoms with Crippen LogP contribution in [0.25, 0.3) is 0 Å². The van der Waals surface area contributed by atoms with E-state index in [9.17, 15) is 28.8 Å². The lowest BCUT2D eigenvalue weighted by Gasteiger charge is -2.45. The lowest BCUT2D eigenvalue weighted by atomic mass is 9.85. The lowest BCUT2D eigenvalue weighted by Crippen LogP contribution is -2.64. The van der Waals surface area contributed by atoms with E-state index in [-0.39, 0.29) is 6.42 Å². The van der Waals surface area contributed by atoms with Crippen LogP contribution in [0.5, 0.6) is 0 Å². The molecule has 1 saturated carbocycles. The molecule has 206 valence electrons. The van der Waals surface area contributed by atoms with Gasteiger partial charge >= 0.3 is 35.8 Å². The zero-order chi connectivity index (χ0) is 27.4. The molecule has 3 rings (SSSR count). The van der Waals surface area contributed by atoms with Gasteiger partial charge in [-0.3, -0.25) is 28.8 Å². The first-order valence-electron chi connectivity index (χ1n) is 11.7. The molecule has 0 N–H and O–H groups in total. The number of carbonyl (C=O) groups is 6. The average molecular weight is 530 g/mol. The summed E-state index contributed by atoms with van der Waals surface area (Å²) in [6.45, 7) is 5.22. The molecule has 14 nitrogen and oxygen atoms in total. The molecule has 2 aliphatic heterocycles. The normalized spacial score (nSPS) is 34.5. The van der Waals surface area contributed by atoms with E-state index in [0.29, 0.717) is 6.42 Å². The molecule has 3 aliphatic rings. The highest BCUT2D eigenvalue weighted by Crippen LogP contribution is 2.40. The number of esters is 6. The van der Waals surface area contributed by atoms with Gasteiger partial charge < -0.3 is 37.9 Å². The Bertz CT molecular complexity index is 930. The number of rotatable bonds is 8. The van der Waals surface area contributed by atoms with E-state index < -0.39 is 97.4 Å². The Morgan fingerprint density at radius 2 is 1.27 bits per heavy atom. The van der Waals surface area contributed by atoms with Crippen molar-refractivity contribution in [2.45, 2.75) is 96.5 Å². The Morgan fingerprint density at radius 3 is 1.84 bits per heavy atom. The highest BCUT2D eigenvalue weighted by Gasteiger charge is 2.56. The van der Waals surface area contributed by atoms with E-state index in [0.717, 1.165) is 27.7 Å². The van der Waals surface area contributed by atoms with Crippen LogP contribution in [0.15, 0.2) is 0 Å². The lowest BCUT2D eigenvalue weighted by molar-refractivity contribution is -0.325. The molecular formula is C23H30O14. The Balaban J connectivity index is 1.96. The quantitative estimate of drug-likeness (QED) is 0.296. The summed E-state index contributed by atoms with van der Waals surface area (Å²) in [7, 11) is 0. The Labute approximate surface area is 212 Å². The van der Waals surface area contributed by atoms with Crippen molar-refractivity contribution in [3.05, 3.63) is 0 Å². The fourth-order valence-electron chi connectivity index (χ4n) is 4.66. The summed E-state index contributed by atoms with van der Waals surface area (Å²) in [5.41, 5.74) is 0. The molecule has 2 saturated heterocycles. The molecule has 0 radical (unpaired) electrons. The first-order chi connectivity index (χ1) is 17.3. The Hall–Kier alpha value is -3.26. The van der Waals surface area contributed by atoms with Gasteiger partial charge in [0.1, 0.15) is 24.9 Å². The van der Waals surface area contributed by atoms with Gasteiger partial charge in [0, 0.05) is 41.0 Å². The van der Waals surface area contributed by atoms with Crippen LogP contribution in [0.4, 0.5) is 0 Å². The predicted octanol–water partition coefficient (Wildman–Crippen LogP) is -0.278. The van der Waals surface area contributed by atoms with Crippen molar-refractivity contribution in [2.75, 3.05) is 6.61 Å². The molecule has 1 aliphatic carbocycles. The van der Waals surface area contributed by atoms with Crippen molar-refractivity contribution in [1.82, 2.24) is 0 Å². The third-order valence-electron chi connectivity index (χ3n) is 5.93. The van der Waals surface area contributed by atoms with Gasteiger partial charge in [-0.15, -0.1) is 0 Å². The van der Waals surface area contributed by atoms with Crippen LogP contribution in [0.2, 0.25) is 0 Å². The maximum absolute atomic E-state index is 12.2. The van der Waals surface area contributed by atoms with Crippen LogP contribution in [0.3, 0.4) is 0 Å². The molecule has 0 amide bonds. The molecule has 0 aromatic carbocycles. The average Bonchev–Trinajstić information content (AvgIpc) is 3.07. The predicted molar refractivity (Wildman–Crippen MR) is 115 cm³/mol. The van der Waals surface area contributed by atoms with Gasteiger partial charge in [-0.25, -0.2) is 0 Å². The molecule has 0 aromatic heterocycles. The first kappa shape index (κ1) is 28.3. The molecule has 2 heterocycles. The van der Waals surface area contributed by atoms with Gasteiger partial charge in [0.05, 0.1) is 5.92 Å². The zero-order valence-corrected chi connectivity index (χ0v) is 21.0. The molecule has 0 spiro atoms. The number of hydrogen-bond acceptors (Lipinski definition) is 14. The minimum Gasteiger partial charge on any atom is -0.463 e. The minimum atomic E-state index is -1.48. The Morgan fingerprint density at radius 1 is 0.730 bits per heavy atom. The molecule has 14 heteroatoms. The standard InChI is InChI=1S/C23H30O14/c1-9(24)30-8-17-19(32-11(3)26)20(33-12(4)27)21(34-13(5)28)23(37-17)36-16-7-14-6-15(35-22(14)29)18(16)31-10(2)25/h14-21,23H,6-8H2,1-5H3/t14-,15+,16-,17-,18-,19-,20+,21-,23-/m1/s1. The summed E-state index contributed by atoms with van der Waals surface area (Å²) in [6, 6.07) is 0. The molecule has 37 heavy (non-hydrogen) atoms. The molecular weight excluding hydrogens is 500 g/mol. The Kier molecular flexibility index (Phi) is 9.07. The van der Waals surface area contributed by atoms with Gasteiger partial charge in [-0.05, 0) is 6.42 Å². The summed E-state index contributed by atoms with van der Waals surface area (Å²) >= 11 is 0. The van der Waals surface area contributed by atoms with Gasteiger partial charge in [-0.1, -0.05) is 0 Å². The fourth-order valence-corrected chi connectivity index (χ4v) is 4.66. The molecule has 9 atom stereocenters. The van der Waals surface area contributed by atoms with E-state index in [1.807, 2.05) is 0 Å². The van der Waals surface area contributed by atoms with Crippen LogP contribution in [0, 0.1) is 5.92 Å². The van der Waals surface area contributed by atoms with Crippen molar-refractivity contribution < 1.29 is 66.7 Å². The summed E-state index contributed by atoms with van der Waals surface area (Å²) in [4.78, 5) is 71.2. The summed E-state index contributed by atoms with van der Waals surface area (Å²) in [5.74, 6) is -4.64. The maximum Gasteiger partial charge on any atom is 0.309 e. The largest absolute Gasteiger partial charge is 0.463 e. The van der Waals surface area contributed by atoms with Crippen LogP contribution < -0.4 is 0 Å². The van der Waals surface area contributed by atoms with Gasteiger partial charge in [0.2, 0.25) is 0 Å². The maximum atomic E-state index is 12.2. The van der Waals surface area contributed by atoms with Crippen molar-refractivity contribution in [2.24, 2.45) is 5.92 Å². The second-order valence-electron chi connectivity index (χ2n) is 8.96. The smallest absolute Gasteiger partial charge is 0.309 e. The van der Waals surface area contributed by atoms with Crippen LogP contribution in [-0.2, 0) is 66.7 Å². The summed E-state index contributed by atoms with van der Waals surface area (Å²) in [6.07, 6.45) is -9.17.